The van der Waals surface area contributed by atoms with E-state index in [-0.39, 0.29) is 5.56 Å². The SMILES string of the molecule is CC=O.[O]C(=O)c1ccccc1. The van der Waals surface area contributed by atoms with Gasteiger partial charge in [-0.15, -0.1) is 0 Å². The first-order valence-electron chi connectivity index (χ1n) is 3.38. The highest BCUT2D eigenvalue weighted by atomic mass is 16.4. The maximum Gasteiger partial charge on any atom is 0.386 e. The molecule has 0 amide bonds. The lowest BCUT2D eigenvalue weighted by Gasteiger charge is -1.85. The number of hydrogen-bond acceptors (Lipinski definition) is 2. The minimum absolute atomic E-state index is 0.220. The standard InChI is InChI=1S/C7H5O2.C2H4O/c8-7(9)6-4-2-1-3-5-6;1-2-3/h1-5H;2H,1H3. The third-order valence-corrected chi connectivity index (χ3v) is 1.01. The molecule has 0 aliphatic heterocycles. The maximum absolute atomic E-state index is 10.1. The van der Waals surface area contributed by atoms with Crippen molar-refractivity contribution in [3.05, 3.63) is 35.9 Å². The van der Waals surface area contributed by atoms with Gasteiger partial charge >= 0.3 is 5.97 Å². The first kappa shape index (κ1) is 10.4. The van der Waals surface area contributed by atoms with Gasteiger partial charge in [-0.05, 0) is 19.1 Å². The number of carbonyl (C=O) groups is 2. The second-order valence-corrected chi connectivity index (χ2v) is 1.89. The second kappa shape index (κ2) is 6.09. The average molecular weight is 165 g/mol. The van der Waals surface area contributed by atoms with Gasteiger partial charge in [0.1, 0.15) is 6.29 Å². The molecular formula is C9H9O3. The lowest BCUT2D eigenvalue weighted by molar-refractivity contribution is -0.106. The van der Waals surface area contributed by atoms with Gasteiger partial charge in [0.15, 0.2) is 0 Å². The molecule has 0 atom stereocenters. The van der Waals surface area contributed by atoms with Crippen molar-refractivity contribution in [2.24, 2.45) is 0 Å². The summed E-state index contributed by atoms with van der Waals surface area (Å²) in [5.41, 5.74) is 0.220. The molecule has 0 aromatic heterocycles. The molecule has 1 rings (SSSR count). The van der Waals surface area contributed by atoms with E-state index < -0.39 is 5.97 Å². The number of carbonyl (C=O) groups excluding carboxylic acids is 2. The Morgan fingerprint density at radius 2 is 1.67 bits per heavy atom. The van der Waals surface area contributed by atoms with Crippen LogP contribution in [0.25, 0.3) is 0 Å². The van der Waals surface area contributed by atoms with E-state index in [1.54, 1.807) is 18.2 Å². The molecule has 1 radical (unpaired) electrons. The zero-order valence-electron chi connectivity index (χ0n) is 6.69. The van der Waals surface area contributed by atoms with Crippen LogP contribution in [0.1, 0.15) is 17.3 Å². The van der Waals surface area contributed by atoms with Crippen LogP contribution in [0.5, 0.6) is 0 Å². The van der Waals surface area contributed by atoms with Crippen molar-refractivity contribution in [3.63, 3.8) is 0 Å². The molecule has 3 heteroatoms. The molecule has 1 aromatic rings. The van der Waals surface area contributed by atoms with Gasteiger partial charge in [0.25, 0.3) is 0 Å². The quantitative estimate of drug-likeness (QED) is 0.591. The van der Waals surface area contributed by atoms with Crippen LogP contribution < -0.4 is 0 Å². The predicted molar refractivity (Wildman–Crippen MR) is 43.2 cm³/mol. The van der Waals surface area contributed by atoms with Gasteiger partial charge in [-0.1, -0.05) is 18.2 Å². The summed E-state index contributed by atoms with van der Waals surface area (Å²) in [6, 6.07) is 8.06. The van der Waals surface area contributed by atoms with E-state index in [1.165, 1.54) is 19.1 Å². The molecule has 0 heterocycles. The predicted octanol–water partition coefficient (Wildman–Crippen LogP) is 1.46. The molecule has 0 unspecified atom stereocenters. The van der Waals surface area contributed by atoms with Crippen molar-refractivity contribution in [2.45, 2.75) is 6.92 Å². The lowest BCUT2D eigenvalue weighted by atomic mass is 10.2. The first-order valence-corrected chi connectivity index (χ1v) is 3.38. The van der Waals surface area contributed by atoms with Crippen molar-refractivity contribution in [1.29, 1.82) is 0 Å². The van der Waals surface area contributed by atoms with Gasteiger partial charge in [-0.25, -0.2) is 9.90 Å². The van der Waals surface area contributed by atoms with Crippen LogP contribution in [0.15, 0.2) is 30.3 Å². The van der Waals surface area contributed by atoms with E-state index in [2.05, 4.69) is 0 Å². The van der Waals surface area contributed by atoms with Crippen molar-refractivity contribution >= 4 is 12.3 Å². The van der Waals surface area contributed by atoms with Crippen LogP contribution in [-0.2, 0) is 9.90 Å². The van der Waals surface area contributed by atoms with E-state index in [0.717, 1.165) is 6.29 Å². The summed E-state index contributed by atoms with van der Waals surface area (Å²) in [5.74, 6) is -1.13. The molecule has 0 saturated heterocycles. The largest absolute Gasteiger partial charge is 0.386 e. The van der Waals surface area contributed by atoms with Crippen molar-refractivity contribution in [1.82, 2.24) is 0 Å². The van der Waals surface area contributed by atoms with Gasteiger partial charge in [0.2, 0.25) is 0 Å². The molecule has 0 fully saturated rings. The molecule has 0 bridgehead atoms. The Morgan fingerprint density at radius 1 is 1.25 bits per heavy atom. The minimum atomic E-state index is -1.13. The zero-order valence-corrected chi connectivity index (χ0v) is 6.69. The number of rotatable bonds is 1. The van der Waals surface area contributed by atoms with E-state index >= 15 is 0 Å². The summed E-state index contributed by atoms with van der Waals surface area (Å²) in [6.45, 7) is 1.44. The van der Waals surface area contributed by atoms with Crippen molar-refractivity contribution in [3.8, 4) is 0 Å². The highest BCUT2D eigenvalue weighted by molar-refractivity contribution is 5.86. The fraction of sp³-hybridized carbons (Fsp3) is 0.111. The Labute approximate surface area is 70.6 Å². The second-order valence-electron chi connectivity index (χ2n) is 1.89. The fourth-order valence-corrected chi connectivity index (χ4v) is 0.574. The van der Waals surface area contributed by atoms with Crippen LogP contribution in [0, 0.1) is 0 Å². The Bertz CT molecular complexity index is 241. The van der Waals surface area contributed by atoms with Crippen LogP contribution in [-0.4, -0.2) is 12.3 Å². The normalized spacial score (nSPS) is 7.75. The van der Waals surface area contributed by atoms with Crippen LogP contribution in [0.4, 0.5) is 0 Å². The molecule has 63 valence electrons. The molecule has 0 aliphatic carbocycles. The summed E-state index contributed by atoms with van der Waals surface area (Å²) in [4.78, 5) is 18.9. The summed E-state index contributed by atoms with van der Waals surface area (Å²) < 4.78 is 0. The Morgan fingerprint density at radius 3 is 1.92 bits per heavy atom. The summed E-state index contributed by atoms with van der Waals surface area (Å²) in [6.07, 6.45) is 0.750. The third-order valence-electron chi connectivity index (χ3n) is 1.01. The van der Waals surface area contributed by atoms with Gasteiger partial charge < -0.3 is 4.79 Å². The smallest absolute Gasteiger partial charge is 0.304 e. The fourth-order valence-electron chi connectivity index (χ4n) is 0.574. The van der Waals surface area contributed by atoms with Crippen LogP contribution >= 0.6 is 0 Å². The number of aldehydes is 1. The molecule has 3 nitrogen and oxygen atoms in total. The molecule has 0 saturated carbocycles. The van der Waals surface area contributed by atoms with Gasteiger partial charge in [-0.3, -0.25) is 0 Å². The van der Waals surface area contributed by atoms with Crippen LogP contribution in [0.3, 0.4) is 0 Å². The molecule has 12 heavy (non-hydrogen) atoms. The third kappa shape index (κ3) is 4.22. The van der Waals surface area contributed by atoms with E-state index in [9.17, 15) is 9.90 Å². The Kier molecular flexibility index (Phi) is 5.26. The van der Waals surface area contributed by atoms with E-state index in [4.69, 9.17) is 4.79 Å². The van der Waals surface area contributed by atoms with Gasteiger partial charge in [0.05, 0.1) is 5.56 Å². The maximum atomic E-state index is 10.1. The Balaban J connectivity index is 0.000000354. The zero-order chi connectivity index (χ0) is 9.40. The molecule has 0 spiro atoms. The van der Waals surface area contributed by atoms with Crippen molar-refractivity contribution in [2.75, 3.05) is 0 Å². The van der Waals surface area contributed by atoms with Gasteiger partial charge in [-0.2, -0.15) is 0 Å². The lowest BCUT2D eigenvalue weighted by Crippen LogP contribution is -1.91. The van der Waals surface area contributed by atoms with Crippen LogP contribution in [0.2, 0.25) is 0 Å². The number of hydrogen-bond donors (Lipinski definition) is 0. The molecule has 1 aromatic carbocycles. The molecular weight excluding hydrogens is 156 g/mol. The highest BCUT2D eigenvalue weighted by Gasteiger charge is 1.99. The summed E-state index contributed by atoms with van der Waals surface area (Å²) in [7, 11) is 0. The monoisotopic (exact) mass is 165 g/mol. The first-order chi connectivity index (χ1) is 5.72. The van der Waals surface area contributed by atoms with Crippen molar-refractivity contribution < 1.29 is 14.7 Å². The van der Waals surface area contributed by atoms with E-state index in [0.29, 0.717) is 0 Å². The Hall–Kier alpha value is -1.64. The minimum Gasteiger partial charge on any atom is -0.304 e. The highest BCUT2D eigenvalue weighted by Crippen LogP contribution is 1.96. The summed E-state index contributed by atoms with van der Waals surface area (Å²) in [5, 5.41) is 10.1. The average Bonchev–Trinajstić information content (AvgIpc) is 2.07. The summed E-state index contributed by atoms with van der Waals surface area (Å²) >= 11 is 0. The number of benzene rings is 1. The van der Waals surface area contributed by atoms with E-state index in [1.807, 2.05) is 0 Å². The molecule has 0 N–H and O–H groups in total. The van der Waals surface area contributed by atoms with Gasteiger partial charge in [0, 0.05) is 0 Å². The molecule has 0 aliphatic rings. The topological polar surface area (TPSA) is 54.0 Å².